The molecule has 0 fully saturated rings. The number of carbonyl (C=O) groups excluding carboxylic acids is 1. The second-order valence-corrected chi connectivity index (χ2v) is 7.26. The zero-order chi connectivity index (χ0) is 20.3. The Bertz CT molecular complexity index is 1290. The third-order valence-electron chi connectivity index (χ3n) is 5.78. The number of ether oxygens (including phenoxy) is 1. The van der Waals surface area contributed by atoms with Crippen LogP contribution in [0.25, 0.3) is 22.3 Å². The zero-order valence-electron chi connectivity index (χ0n) is 15.5. The molecule has 0 bridgehead atoms. The van der Waals surface area contributed by atoms with Gasteiger partial charge in [0.15, 0.2) is 5.60 Å². The van der Waals surface area contributed by atoms with E-state index in [1.165, 1.54) is 6.21 Å². The van der Waals surface area contributed by atoms with Crippen LogP contribution in [-0.2, 0) is 28.3 Å². The predicted octanol–water partition coefficient (Wildman–Crippen LogP) is 1.89. The van der Waals surface area contributed by atoms with Gasteiger partial charge in [0.1, 0.15) is 6.61 Å². The Labute approximate surface area is 164 Å². The summed E-state index contributed by atoms with van der Waals surface area (Å²) in [5, 5.41) is 23.7. The quantitative estimate of drug-likeness (QED) is 0.233. The van der Waals surface area contributed by atoms with Crippen LogP contribution in [0.1, 0.15) is 35.6 Å². The lowest BCUT2D eigenvalue weighted by Gasteiger charge is -2.31. The van der Waals surface area contributed by atoms with Gasteiger partial charge < -0.3 is 19.6 Å². The molecule has 1 aromatic carbocycles. The Kier molecular flexibility index (Phi) is 3.63. The summed E-state index contributed by atoms with van der Waals surface area (Å²) in [7, 11) is 0. The van der Waals surface area contributed by atoms with E-state index in [1.54, 1.807) is 23.6 Å². The van der Waals surface area contributed by atoms with E-state index in [1.807, 2.05) is 18.2 Å². The number of esters is 1. The summed E-state index contributed by atoms with van der Waals surface area (Å²) >= 11 is 0. The van der Waals surface area contributed by atoms with Gasteiger partial charge in [-0.2, -0.15) is 0 Å². The molecular weight excluding hydrogens is 374 g/mol. The number of benzene rings is 1. The summed E-state index contributed by atoms with van der Waals surface area (Å²) in [4.78, 5) is 30.1. The number of oxime groups is 1. The molecule has 0 saturated heterocycles. The van der Waals surface area contributed by atoms with E-state index in [-0.39, 0.29) is 18.6 Å². The van der Waals surface area contributed by atoms with Crippen LogP contribution < -0.4 is 5.56 Å². The van der Waals surface area contributed by atoms with E-state index in [9.17, 15) is 14.7 Å². The largest absolute Gasteiger partial charge is 0.458 e. The van der Waals surface area contributed by atoms with Crippen LogP contribution in [0, 0.1) is 0 Å². The fraction of sp³-hybridized carbons (Fsp3) is 0.238. The lowest BCUT2D eigenvalue weighted by Crippen LogP contribution is -2.44. The van der Waals surface area contributed by atoms with Crippen molar-refractivity contribution in [3.8, 4) is 11.4 Å². The maximum Gasteiger partial charge on any atom is 0.343 e. The first-order valence-electron chi connectivity index (χ1n) is 9.25. The molecule has 0 aliphatic carbocycles. The number of aliphatic hydroxyl groups is 1. The highest BCUT2D eigenvalue weighted by molar-refractivity contribution is 5.99. The highest BCUT2D eigenvalue weighted by Crippen LogP contribution is 2.38. The number of pyridine rings is 2. The van der Waals surface area contributed by atoms with E-state index < -0.39 is 11.6 Å². The van der Waals surface area contributed by atoms with Gasteiger partial charge in [-0.1, -0.05) is 24.2 Å². The highest BCUT2D eigenvalue weighted by atomic mass is 16.6. The van der Waals surface area contributed by atoms with E-state index in [4.69, 9.17) is 14.9 Å². The van der Waals surface area contributed by atoms with Crippen LogP contribution in [-0.4, -0.2) is 32.0 Å². The molecule has 2 aliphatic heterocycles. The molecule has 146 valence electrons. The molecule has 2 aliphatic rings. The summed E-state index contributed by atoms with van der Waals surface area (Å²) in [6.07, 6.45) is 1.44. The van der Waals surface area contributed by atoms with Gasteiger partial charge in [0.05, 0.1) is 35.2 Å². The van der Waals surface area contributed by atoms with Crippen LogP contribution in [0.5, 0.6) is 0 Å². The fourth-order valence-electron chi connectivity index (χ4n) is 4.20. The molecule has 0 spiro atoms. The molecule has 8 heteroatoms. The minimum absolute atomic E-state index is 0.101. The Balaban J connectivity index is 1.78. The smallest absolute Gasteiger partial charge is 0.343 e. The first-order valence-corrected chi connectivity index (χ1v) is 9.25. The number of carbonyl (C=O) groups is 1. The lowest BCUT2D eigenvalue weighted by molar-refractivity contribution is -0.172. The van der Waals surface area contributed by atoms with Crippen molar-refractivity contribution in [2.45, 2.75) is 32.1 Å². The van der Waals surface area contributed by atoms with Gasteiger partial charge in [0.2, 0.25) is 0 Å². The molecule has 0 radical (unpaired) electrons. The average molecular weight is 391 g/mol. The summed E-state index contributed by atoms with van der Waals surface area (Å²) in [5.41, 5.74) is 1.88. The number of aromatic nitrogens is 2. The second kappa shape index (κ2) is 5.99. The summed E-state index contributed by atoms with van der Waals surface area (Å²) < 4.78 is 6.67. The molecule has 8 nitrogen and oxygen atoms in total. The predicted molar refractivity (Wildman–Crippen MR) is 104 cm³/mol. The first kappa shape index (κ1) is 17.6. The van der Waals surface area contributed by atoms with Gasteiger partial charge >= 0.3 is 5.97 Å². The number of cyclic esters (lactones) is 1. The maximum absolute atomic E-state index is 13.1. The van der Waals surface area contributed by atoms with E-state index >= 15 is 0 Å². The molecular formula is C21H17N3O5. The first-order chi connectivity index (χ1) is 14.0. The van der Waals surface area contributed by atoms with Crippen LogP contribution in [0.2, 0.25) is 0 Å². The van der Waals surface area contributed by atoms with E-state index in [0.717, 1.165) is 10.9 Å². The normalized spacial score (nSPS) is 19.9. The van der Waals surface area contributed by atoms with Crippen molar-refractivity contribution in [3.05, 3.63) is 62.9 Å². The topological polar surface area (TPSA) is 114 Å². The molecule has 0 unspecified atom stereocenters. The van der Waals surface area contributed by atoms with E-state index in [0.29, 0.717) is 40.1 Å². The van der Waals surface area contributed by atoms with E-state index in [2.05, 4.69) is 5.16 Å². The van der Waals surface area contributed by atoms with Gasteiger partial charge in [0, 0.05) is 22.1 Å². The van der Waals surface area contributed by atoms with Crippen LogP contribution >= 0.6 is 0 Å². The molecule has 3 aromatic rings. The molecule has 5 rings (SSSR count). The Morgan fingerprint density at radius 1 is 1.34 bits per heavy atom. The van der Waals surface area contributed by atoms with Gasteiger partial charge in [-0.05, 0) is 24.6 Å². The maximum atomic E-state index is 13.1. The SMILES string of the molecule is CC[C@@]1(O)C(=O)OCc2c1cc1n(c2=O)Cc2cc3c(/C=N/O)cccc3nc2-1. The molecule has 0 amide bonds. The fourth-order valence-corrected chi connectivity index (χ4v) is 4.20. The van der Waals surface area contributed by atoms with Gasteiger partial charge in [-0.25, -0.2) is 9.78 Å². The average Bonchev–Trinajstić information content (AvgIpc) is 3.08. The summed E-state index contributed by atoms with van der Waals surface area (Å²) in [5.74, 6) is -0.741. The lowest BCUT2D eigenvalue weighted by atomic mass is 9.86. The molecule has 4 heterocycles. The van der Waals surface area contributed by atoms with Gasteiger partial charge in [0.25, 0.3) is 5.56 Å². The Morgan fingerprint density at radius 2 is 2.17 bits per heavy atom. The number of hydrogen-bond donors (Lipinski definition) is 2. The van der Waals surface area contributed by atoms with Crippen LogP contribution in [0.15, 0.2) is 40.3 Å². The summed E-state index contributed by atoms with van der Waals surface area (Å²) in [6.45, 7) is 1.84. The van der Waals surface area contributed by atoms with Gasteiger partial charge in [-0.15, -0.1) is 0 Å². The number of rotatable bonds is 2. The van der Waals surface area contributed by atoms with Crippen molar-refractivity contribution in [2.75, 3.05) is 0 Å². The number of hydrogen-bond acceptors (Lipinski definition) is 7. The third-order valence-corrected chi connectivity index (χ3v) is 5.78. The third kappa shape index (κ3) is 2.29. The van der Waals surface area contributed by atoms with Gasteiger partial charge in [-0.3, -0.25) is 4.79 Å². The minimum Gasteiger partial charge on any atom is -0.458 e. The van der Waals surface area contributed by atoms with Crippen molar-refractivity contribution < 1.29 is 19.8 Å². The number of nitrogens with zero attached hydrogens (tertiary/aromatic N) is 3. The summed E-state index contributed by atoms with van der Waals surface area (Å²) in [6, 6.07) is 9.06. The van der Waals surface area contributed by atoms with Crippen molar-refractivity contribution in [1.29, 1.82) is 0 Å². The Morgan fingerprint density at radius 3 is 2.93 bits per heavy atom. The molecule has 0 saturated carbocycles. The molecule has 2 aromatic heterocycles. The van der Waals surface area contributed by atoms with Crippen LogP contribution in [0.3, 0.4) is 0 Å². The minimum atomic E-state index is -1.84. The molecule has 2 N–H and O–H groups in total. The zero-order valence-corrected chi connectivity index (χ0v) is 15.5. The van der Waals surface area contributed by atoms with Crippen LogP contribution in [0.4, 0.5) is 0 Å². The standard InChI is InChI=1S/C21H17N3O5/c1-2-21(27)15-7-17-18-12(9-24(17)19(25)14(15)10-29-20(21)26)6-13-11(8-22-28)4-3-5-16(13)23-18/h3-8,27-28H,2,9-10H2,1H3/b22-8+/t21-/m0/s1. The van der Waals surface area contributed by atoms with Crippen molar-refractivity contribution >= 4 is 23.1 Å². The number of fused-ring (bicyclic) bond motifs is 5. The monoisotopic (exact) mass is 391 g/mol. The molecule has 29 heavy (non-hydrogen) atoms. The Hall–Kier alpha value is -3.52. The van der Waals surface area contributed by atoms with Crippen molar-refractivity contribution in [1.82, 2.24) is 9.55 Å². The second-order valence-electron chi connectivity index (χ2n) is 7.26. The highest BCUT2D eigenvalue weighted by Gasteiger charge is 2.45. The van der Waals surface area contributed by atoms with Crippen molar-refractivity contribution in [2.24, 2.45) is 5.16 Å². The molecule has 1 atom stereocenters. The van der Waals surface area contributed by atoms with Crippen molar-refractivity contribution in [3.63, 3.8) is 0 Å².